The van der Waals surface area contributed by atoms with E-state index in [1.165, 1.54) is 0 Å². The summed E-state index contributed by atoms with van der Waals surface area (Å²) in [4.78, 5) is 26.3. The number of amides is 1. The molecule has 1 amide bonds. The van der Waals surface area contributed by atoms with Crippen molar-refractivity contribution in [3.63, 3.8) is 0 Å². The van der Waals surface area contributed by atoms with Crippen LogP contribution in [-0.4, -0.2) is 28.4 Å². The lowest BCUT2D eigenvalue weighted by atomic mass is 9.74. The number of halogens is 1. The summed E-state index contributed by atoms with van der Waals surface area (Å²) in [6.45, 7) is 3.92. The molecule has 0 aromatic heterocycles. The summed E-state index contributed by atoms with van der Waals surface area (Å²) in [5.74, 6) is -1.06. The molecule has 2 fully saturated rings. The minimum absolute atomic E-state index is 0.0520. The van der Waals surface area contributed by atoms with Crippen LogP contribution in [0, 0.1) is 13.8 Å². The van der Waals surface area contributed by atoms with Crippen molar-refractivity contribution in [3.05, 3.63) is 58.1 Å². The molecule has 5 heteroatoms. The topological polar surface area (TPSA) is 66.4 Å². The third-order valence-corrected chi connectivity index (χ3v) is 6.60. The Morgan fingerprint density at radius 1 is 1.04 bits per heavy atom. The van der Waals surface area contributed by atoms with E-state index < -0.39 is 11.5 Å². The van der Waals surface area contributed by atoms with Crippen LogP contribution in [0.1, 0.15) is 48.3 Å². The van der Waals surface area contributed by atoms with Gasteiger partial charge in [-0.2, -0.15) is 0 Å². The number of aliphatic hydroxyl groups is 1. The molecule has 2 aliphatic rings. The number of carbonyl (C=O) groups is 2. The Morgan fingerprint density at radius 3 is 2.32 bits per heavy atom. The van der Waals surface area contributed by atoms with E-state index in [4.69, 9.17) is 11.6 Å². The van der Waals surface area contributed by atoms with Gasteiger partial charge in [-0.05, 0) is 79.5 Å². The fourth-order valence-electron chi connectivity index (χ4n) is 4.74. The molecule has 2 aromatic carbocycles. The van der Waals surface area contributed by atoms with Crippen molar-refractivity contribution in [2.45, 2.75) is 57.1 Å². The van der Waals surface area contributed by atoms with Crippen molar-refractivity contribution in [2.24, 2.45) is 0 Å². The highest BCUT2D eigenvalue weighted by Gasteiger charge is 2.54. The first-order chi connectivity index (χ1) is 13.3. The van der Waals surface area contributed by atoms with Gasteiger partial charge in [-0.25, -0.2) is 0 Å². The number of ketones is 1. The molecule has 0 bridgehead atoms. The molecule has 1 atom stereocenters. The number of carbonyl (C=O) groups excluding carboxylic acids is 2. The summed E-state index contributed by atoms with van der Waals surface area (Å²) in [7, 11) is 0. The van der Waals surface area contributed by atoms with Gasteiger partial charge in [-0.15, -0.1) is 0 Å². The fourth-order valence-corrected chi connectivity index (χ4v) is 4.87. The van der Waals surface area contributed by atoms with Crippen LogP contribution in [-0.2, 0) is 9.59 Å². The number of aryl methyl sites for hydroxylation is 1. The third kappa shape index (κ3) is 3.05. The summed E-state index contributed by atoms with van der Waals surface area (Å²) in [6, 6.07) is 11.6. The maximum atomic E-state index is 13.4. The minimum Gasteiger partial charge on any atom is -0.393 e. The minimum atomic E-state index is -0.823. The van der Waals surface area contributed by atoms with Gasteiger partial charge in [0.1, 0.15) is 5.92 Å². The van der Waals surface area contributed by atoms with Crippen LogP contribution in [0.5, 0.6) is 0 Å². The van der Waals surface area contributed by atoms with Crippen LogP contribution in [0.15, 0.2) is 36.4 Å². The summed E-state index contributed by atoms with van der Waals surface area (Å²) in [5.41, 5.74) is 3.87. The molecule has 1 saturated heterocycles. The molecule has 1 aliphatic carbocycles. The van der Waals surface area contributed by atoms with Crippen molar-refractivity contribution in [1.29, 1.82) is 0 Å². The number of aliphatic hydroxyl groups excluding tert-OH is 1. The number of rotatable bonds is 2. The number of Topliss-reactive ketones (excluding diaryl/α,β-unsaturated/α-hetero) is 1. The van der Waals surface area contributed by atoms with Gasteiger partial charge in [0.25, 0.3) is 0 Å². The molecule has 1 aliphatic heterocycles. The summed E-state index contributed by atoms with van der Waals surface area (Å²) >= 11 is 6.01. The zero-order valence-corrected chi connectivity index (χ0v) is 16.8. The highest BCUT2D eigenvalue weighted by Crippen LogP contribution is 2.42. The van der Waals surface area contributed by atoms with Crippen molar-refractivity contribution >= 4 is 23.3 Å². The Morgan fingerprint density at radius 2 is 1.68 bits per heavy atom. The predicted octanol–water partition coefficient (Wildman–Crippen LogP) is 4.08. The zero-order valence-electron chi connectivity index (χ0n) is 16.1. The van der Waals surface area contributed by atoms with Gasteiger partial charge in [0.05, 0.1) is 11.6 Å². The Hall–Kier alpha value is -2.17. The van der Waals surface area contributed by atoms with E-state index in [1.54, 1.807) is 0 Å². The molecule has 2 N–H and O–H groups in total. The normalized spacial score (nSPS) is 27.3. The monoisotopic (exact) mass is 397 g/mol. The van der Waals surface area contributed by atoms with Gasteiger partial charge < -0.3 is 10.4 Å². The van der Waals surface area contributed by atoms with Crippen LogP contribution in [0.2, 0.25) is 5.02 Å². The molecule has 1 saturated carbocycles. The summed E-state index contributed by atoms with van der Waals surface area (Å²) in [6.07, 6.45) is 1.71. The van der Waals surface area contributed by atoms with E-state index in [2.05, 4.69) is 5.32 Å². The molecular weight excluding hydrogens is 374 g/mol. The van der Waals surface area contributed by atoms with Gasteiger partial charge in [0, 0.05) is 5.02 Å². The maximum absolute atomic E-state index is 13.4. The first kappa shape index (κ1) is 19.2. The second kappa shape index (κ2) is 7.02. The highest BCUT2D eigenvalue weighted by atomic mass is 35.5. The lowest BCUT2D eigenvalue weighted by Gasteiger charge is -2.34. The second-order valence-corrected chi connectivity index (χ2v) is 8.51. The number of nitrogens with one attached hydrogen (secondary N) is 1. The Bertz CT molecular complexity index is 943. The molecule has 2 aromatic rings. The van der Waals surface area contributed by atoms with Crippen LogP contribution in [0.3, 0.4) is 0 Å². The molecule has 1 heterocycles. The van der Waals surface area contributed by atoms with Crippen LogP contribution >= 0.6 is 11.6 Å². The molecule has 4 rings (SSSR count). The largest absolute Gasteiger partial charge is 0.393 e. The average Bonchev–Trinajstić information content (AvgIpc) is 2.90. The van der Waals surface area contributed by atoms with Crippen molar-refractivity contribution in [3.8, 4) is 11.1 Å². The van der Waals surface area contributed by atoms with Crippen molar-refractivity contribution in [2.75, 3.05) is 0 Å². The number of hydrogen-bond acceptors (Lipinski definition) is 3. The van der Waals surface area contributed by atoms with Crippen molar-refractivity contribution < 1.29 is 14.7 Å². The lowest BCUT2D eigenvalue weighted by molar-refractivity contribution is -0.126. The summed E-state index contributed by atoms with van der Waals surface area (Å²) in [5, 5.41) is 13.5. The van der Waals surface area contributed by atoms with Crippen LogP contribution in [0.4, 0.5) is 0 Å². The van der Waals surface area contributed by atoms with Gasteiger partial charge in [-0.1, -0.05) is 35.9 Å². The predicted molar refractivity (Wildman–Crippen MR) is 109 cm³/mol. The standard InChI is InChI=1S/C23H24ClNO3/c1-13-3-8-18(15-4-6-16(24)7-5-15)14(2)19(13)20-21(27)23(25-22(20)28)11-9-17(26)10-12-23/h3-8,17,20,26H,9-12H2,1-2H3,(H,25,28). The van der Waals surface area contributed by atoms with Crippen LogP contribution in [0.25, 0.3) is 11.1 Å². The molecule has 1 spiro atoms. The van der Waals surface area contributed by atoms with Gasteiger partial charge in [-0.3, -0.25) is 9.59 Å². The van der Waals surface area contributed by atoms with Gasteiger partial charge in [0.2, 0.25) is 5.91 Å². The lowest BCUT2D eigenvalue weighted by Crippen LogP contribution is -2.49. The molecule has 146 valence electrons. The summed E-state index contributed by atoms with van der Waals surface area (Å²) < 4.78 is 0. The van der Waals surface area contributed by atoms with E-state index in [1.807, 2.05) is 50.2 Å². The highest BCUT2D eigenvalue weighted by molar-refractivity contribution is 6.30. The maximum Gasteiger partial charge on any atom is 0.235 e. The Balaban J connectivity index is 1.77. The second-order valence-electron chi connectivity index (χ2n) is 8.08. The van der Waals surface area contributed by atoms with E-state index in [9.17, 15) is 14.7 Å². The van der Waals surface area contributed by atoms with Crippen LogP contribution < -0.4 is 5.32 Å². The molecule has 1 unspecified atom stereocenters. The third-order valence-electron chi connectivity index (χ3n) is 6.34. The number of benzene rings is 2. The van der Waals surface area contributed by atoms with E-state index >= 15 is 0 Å². The first-order valence-electron chi connectivity index (χ1n) is 9.73. The Labute approximate surface area is 169 Å². The SMILES string of the molecule is Cc1ccc(-c2ccc(Cl)cc2)c(C)c1C1C(=O)NC2(CCC(O)CC2)C1=O. The average molecular weight is 398 g/mol. The van der Waals surface area contributed by atoms with Crippen molar-refractivity contribution in [1.82, 2.24) is 5.32 Å². The zero-order chi connectivity index (χ0) is 20.1. The van der Waals surface area contributed by atoms with Gasteiger partial charge in [0.15, 0.2) is 5.78 Å². The first-order valence-corrected chi connectivity index (χ1v) is 10.1. The number of hydrogen-bond donors (Lipinski definition) is 2. The van der Waals surface area contributed by atoms with E-state index in [0.717, 1.165) is 27.8 Å². The smallest absolute Gasteiger partial charge is 0.235 e. The molecule has 4 nitrogen and oxygen atoms in total. The Kier molecular flexibility index (Phi) is 4.80. The van der Waals surface area contributed by atoms with E-state index in [0.29, 0.717) is 30.7 Å². The molecule has 28 heavy (non-hydrogen) atoms. The van der Waals surface area contributed by atoms with Gasteiger partial charge >= 0.3 is 0 Å². The fraction of sp³-hybridized carbons (Fsp3) is 0.391. The molecule has 0 radical (unpaired) electrons. The van der Waals surface area contributed by atoms with E-state index in [-0.39, 0.29) is 17.8 Å². The molecular formula is C23H24ClNO3. The quantitative estimate of drug-likeness (QED) is 0.750.